The van der Waals surface area contributed by atoms with Crippen LogP contribution >= 0.6 is 0 Å². The van der Waals surface area contributed by atoms with Crippen molar-refractivity contribution in [2.75, 3.05) is 20.7 Å². The number of carbonyl (C=O) groups excluding carboxylic acids is 1. The van der Waals surface area contributed by atoms with Crippen molar-refractivity contribution in [1.29, 1.82) is 0 Å². The minimum atomic E-state index is -0.555. The summed E-state index contributed by atoms with van der Waals surface area (Å²) >= 11 is 0. The lowest BCUT2D eigenvalue weighted by molar-refractivity contribution is -0.151. The molecule has 0 heterocycles. The predicted molar refractivity (Wildman–Crippen MR) is 69.0 cm³/mol. The van der Waals surface area contributed by atoms with Crippen molar-refractivity contribution in [1.82, 2.24) is 10.2 Å². The monoisotopic (exact) mass is 242 g/mol. The molecule has 0 aromatic heterocycles. The number of ether oxygens (including phenoxy) is 1. The van der Waals surface area contributed by atoms with Crippen LogP contribution in [0, 0.1) is 0 Å². The quantitative estimate of drug-likeness (QED) is 0.685. The maximum Gasteiger partial charge on any atom is 0.326 e. The van der Waals surface area contributed by atoms with Crippen LogP contribution in [-0.2, 0) is 9.53 Å². The fraction of sp³-hybridized carbons (Fsp3) is 0.923. The van der Waals surface area contributed by atoms with E-state index in [2.05, 4.69) is 17.1 Å². The van der Waals surface area contributed by atoms with Gasteiger partial charge in [0.15, 0.2) is 0 Å². The largest absolute Gasteiger partial charge is 0.465 e. The Morgan fingerprint density at radius 2 is 2.12 bits per heavy atom. The summed E-state index contributed by atoms with van der Waals surface area (Å²) in [6.45, 7) is 6.39. The molecule has 2 atom stereocenters. The van der Waals surface area contributed by atoms with E-state index in [-0.39, 0.29) is 5.97 Å². The van der Waals surface area contributed by atoms with Gasteiger partial charge in [-0.1, -0.05) is 0 Å². The summed E-state index contributed by atoms with van der Waals surface area (Å²) in [7, 11) is 4.07. The second kappa shape index (κ2) is 5.83. The molecule has 17 heavy (non-hydrogen) atoms. The van der Waals surface area contributed by atoms with Gasteiger partial charge in [0, 0.05) is 12.1 Å². The molecule has 0 aromatic carbocycles. The van der Waals surface area contributed by atoms with Crippen molar-refractivity contribution in [2.45, 2.75) is 57.7 Å². The van der Waals surface area contributed by atoms with E-state index >= 15 is 0 Å². The van der Waals surface area contributed by atoms with Gasteiger partial charge in [-0.3, -0.25) is 10.1 Å². The van der Waals surface area contributed by atoms with Crippen LogP contribution in [0.4, 0.5) is 0 Å². The van der Waals surface area contributed by atoms with Crippen LogP contribution in [0.15, 0.2) is 0 Å². The molecule has 0 spiro atoms. The number of hydrogen-bond acceptors (Lipinski definition) is 4. The molecule has 1 saturated carbocycles. The van der Waals surface area contributed by atoms with E-state index < -0.39 is 5.54 Å². The third kappa shape index (κ3) is 4.28. The molecule has 0 radical (unpaired) electrons. The average Bonchev–Trinajstić information content (AvgIpc) is 3.01. The summed E-state index contributed by atoms with van der Waals surface area (Å²) in [4.78, 5) is 14.2. The van der Waals surface area contributed by atoms with Crippen LogP contribution in [0.5, 0.6) is 0 Å². The Labute approximate surface area is 105 Å². The molecule has 1 fully saturated rings. The van der Waals surface area contributed by atoms with Crippen LogP contribution in [0.2, 0.25) is 0 Å². The Hall–Kier alpha value is -0.610. The zero-order valence-corrected chi connectivity index (χ0v) is 11.7. The minimum absolute atomic E-state index is 0.124. The van der Waals surface area contributed by atoms with E-state index in [1.807, 2.05) is 27.9 Å². The second-order valence-electron chi connectivity index (χ2n) is 5.49. The van der Waals surface area contributed by atoms with Crippen LogP contribution in [0.25, 0.3) is 0 Å². The molecule has 1 aliphatic rings. The fourth-order valence-electron chi connectivity index (χ4n) is 1.94. The van der Waals surface area contributed by atoms with Crippen LogP contribution < -0.4 is 5.32 Å². The molecule has 2 unspecified atom stereocenters. The summed E-state index contributed by atoms with van der Waals surface area (Å²) in [6.07, 6.45) is 3.12. The van der Waals surface area contributed by atoms with Crippen molar-refractivity contribution in [3.05, 3.63) is 0 Å². The molecular weight excluding hydrogens is 216 g/mol. The van der Waals surface area contributed by atoms with Gasteiger partial charge in [0.2, 0.25) is 0 Å². The van der Waals surface area contributed by atoms with Crippen molar-refractivity contribution in [3.8, 4) is 0 Å². The first-order chi connectivity index (χ1) is 7.89. The molecule has 4 heteroatoms. The van der Waals surface area contributed by atoms with E-state index in [1.165, 1.54) is 12.8 Å². The van der Waals surface area contributed by atoms with E-state index in [0.717, 1.165) is 6.42 Å². The molecule has 4 nitrogen and oxygen atoms in total. The minimum Gasteiger partial charge on any atom is -0.465 e. The summed E-state index contributed by atoms with van der Waals surface area (Å²) in [6, 6.07) is 0.842. The first-order valence-electron chi connectivity index (χ1n) is 6.50. The highest BCUT2D eigenvalue weighted by Gasteiger charge is 2.40. The SMILES string of the molecule is CCOC(=O)C(C)(CC(C)N(C)C)NC1CC1. The Kier molecular flexibility index (Phi) is 4.95. The predicted octanol–water partition coefficient (Wildman–Crippen LogP) is 1.40. The molecule has 0 saturated heterocycles. The highest BCUT2D eigenvalue weighted by Crippen LogP contribution is 2.26. The van der Waals surface area contributed by atoms with Gasteiger partial charge < -0.3 is 9.64 Å². The van der Waals surface area contributed by atoms with Crippen molar-refractivity contribution >= 4 is 5.97 Å². The summed E-state index contributed by atoms with van der Waals surface area (Å²) in [5.74, 6) is -0.124. The van der Waals surface area contributed by atoms with Gasteiger partial charge in [0.1, 0.15) is 5.54 Å². The fourth-order valence-corrected chi connectivity index (χ4v) is 1.94. The average molecular weight is 242 g/mol. The molecule has 0 bridgehead atoms. The number of esters is 1. The zero-order valence-electron chi connectivity index (χ0n) is 11.7. The van der Waals surface area contributed by atoms with Gasteiger partial charge in [-0.15, -0.1) is 0 Å². The Morgan fingerprint density at radius 1 is 1.53 bits per heavy atom. The molecule has 0 aliphatic heterocycles. The van der Waals surface area contributed by atoms with Gasteiger partial charge in [-0.25, -0.2) is 0 Å². The van der Waals surface area contributed by atoms with Gasteiger partial charge in [0.25, 0.3) is 0 Å². The summed E-state index contributed by atoms with van der Waals surface area (Å²) in [5.41, 5.74) is -0.555. The van der Waals surface area contributed by atoms with Crippen LogP contribution in [0.3, 0.4) is 0 Å². The van der Waals surface area contributed by atoms with E-state index in [1.54, 1.807) is 0 Å². The summed E-state index contributed by atoms with van der Waals surface area (Å²) in [5, 5.41) is 3.44. The van der Waals surface area contributed by atoms with E-state index in [0.29, 0.717) is 18.7 Å². The molecule has 1 aliphatic carbocycles. The third-order valence-electron chi connectivity index (χ3n) is 3.41. The van der Waals surface area contributed by atoms with Crippen LogP contribution in [-0.4, -0.2) is 49.2 Å². The van der Waals surface area contributed by atoms with Crippen molar-refractivity contribution in [3.63, 3.8) is 0 Å². The Balaban J connectivity index is 2.65. The lowest BCUT2D eigenvalue weighted by atomic mass is 9.93. The van der Waals surface area contributed by atoms with Gasteiger partial charge >= 0.3 is 5.97 Å². The standard InChI is InChI=1S/C13H26N2O2/c1-6-17-12(16)13(3,14-11-7-8-11)9-10(2)15(4)5/h10-11,14H,6-9H2,1-5H3. The molecule has 0 amide bonds. The van der Waals surface area contributed by atoms with Crippen LogP contribution in [0.1, 0.15) is 40.0 Å². The molecule has 100 valence electrons. The zero-order chi connectivity index (χ0) is 13.1. The third-order valence-corrected chi connectivity index (χ3v) is 3.41. The molecule has 1 N–H and O–H groups in total. The Bertz CT molecular complexity index is 264. The number of nitrogens with one attached hydrogen (secondary N) is 1. The van der Waals surface area contributed by atoms with E-state index in [4.69, 9.17) is 4.74 Å². The molecular formula is C13H26N2O2. The van der Waals surface area contributed by atoms with Gasteiger partial charge in [-0.2, -0.15) is 0 Å². The lowest BCUT2D eigenvalue weighted by Crippen LogP contribution is -2.54. The second-order valence-corrected chi connectivity index (χ2v) is 5.49. The topological polar surface area (TPSA) is 41.6 Å². The highest BCUT2D eigenvalue weighted by atomic mass is 16.5. The first kappa shape index (κ1) is 14.5. The normalized spacial score (nSPS) is 21.1. The maximum absolute atomic E-state index is 12.1. The number of nitrogens with zero attached hydrogens (tertiary/aromatic N) is 1. The summed E-state index contributed by atoms with van der Waals surface area (Å²) < 4.78 is 5.20. The maximum atomic E-state index is 12.1. The lowest BCUT2D eigenvalue weighted by Gasteiger charge is -2.33. The Morgan fingerprint density at radius 3 is 2.53 bits per heavy atom. The van der Waals surface area contributed by atoms with Gasteiger partial charge in [-0.05, 0) is 54.1 Å². The van der Waals surface area contributed by atoms with Gasteiger partial charge in [0.05, 0.1) is 6.61 Å². The number of carbonyl (C=O) groups is 1. The molecule has 1 rings (SSSR count). The van der Waals surface area contributed by atoms with E-state index in [9.17, 15) is 4.79 Å². The molecule has 0 aromatic rings. The number of rotatable bonds is 7. The van der Waals surface area contributed by atoms with Crippen molar-refractivity contribution < 1.29 is 9.53 Å². The van der Waals surface area contributed by atoms with Crippen molar-refractivity contribution in [2.24, 2.45) is 0 Å². The number of hydrogen-bond donors (Lipinski definition) is 1. The first-order valence-corrected chi connectivity index (χ1v) is 6.50. The smallest absolute Gasteiger partial charge is 0.326 e. The highest BCUT2D eigenvalue weighted by molar-refractivity contribution is 5.80.